The van der Waals surface area contributed by atoms with Crippen LogP contribution in [0.25, 0.3) is 0 Å². The van der Waals surface area contributed by atoms with Gasteiger partial charge in [0.2, 0.25) is 0 Å². The van der Waals surface area contributed by atoms with Gasteiger partial charge in [-0.25, -0.2) is 4.39 Å². The van der Waals surface area contributed by atoms with Gasteiger partial charge in [-0.2, -0.15) is 5.26 Å². The van der Waals surface area contributed by atoms with Gasteiger partial charge < -0.3 is 5.11 Å². The molecule has 72 valence electrons. The molecule has 0 radical (unpaired) electrons. The Morgan fingerprint density at radius 1 is 1.64 bits per heavy atom. The van der Waals surface area contributed by atoms with Gasteiger partial charge in [-0.3, -0.25) is 4.79 Å². The predicted octanol–water partition coefficient (Wildman–Crippen LogP) is 1.87. The van der Waals surface area contributed by atoms with Crippen molar-refractivity contribution in [3.05, 3.63) is 29.6 Å². The van der Waals surface area contributed by atoms with Gasteiger partial charge in [-0.15, -0.1) is 11.8 Å². The number of aliphatic carboxylic acids is 1. The number of halogens is 1. The van der Waals surface area contributed by atoms with E-state index in [9.17, 15) is 9.18 Å². The second-order valence-corrected chi connectivity index (χ2v) is 3.46. The number of hydrogen-bond acceptors (Lipinski definition) is 3. The molecule has 0 aliphatic rings. The molecule has 0 bridgehead atoms. The molecule has 0 unspecified atom stereocenters. The van der Waals surface area contributed by atoms with Crippen molar-refractivity contribution in [1.82, 2.24) is 0 Å². The maximum absolute atomic E-state index is 13.1. The maximum atomic E-state index is 13.1. The van der Waals surface area contributed by atoms with Crippen molar-refractivity contribution >= 4 is 17.7 Å². The van der Waals surface area contributed by atoms with Gasteiger partial charge in [-0.05, 0) is 18.2 Å². The Bertz CT molecular complexity index is 400. The van der Waals surface area contributed by atoms with E-state index in [1.807, 2.05) is 0 Å². The van der Waals surface area contributed by atoms with Crippen LogP contribution in [-0.4, -0.2) is 16.8 Å². The van der Waals surface area contributed by atoms with E-state index < -0.39 is 11.8 Å². The summed E-state index contributed by atoms with van der Waals surface area (Å²) in [5.74, 6) is -1.75. The molecule has 0 amide bonds. The van der Waals surface area contributed by atoms with Crippen molar-refractivity contribution < 1.29 is 14.3 Å². The first-order valence-corrected chi connectivity index (χ1v) is 4.66. The summed E-state index contributed by atoms with van der Waals surface area (Å²) in [6, 6.07) is 5.74. The van der Waals surface area contributed by atoms with Gasteiger partial charge in [0.05, 0.1) is 17.4 Å². The van der Waals surface area contributed by atoms with Crippen molar-refractivity contribution in [2.45, 2.75) is 4.90 Å². The highest BCUT2D eigenvalue weighted by Gasteiger charge is 2.06. The highest BCUT2D eigenvalue weighted by molar-refractivity contribution is 8.00. The Morgan fingerprint density at radius 3 is 2.86 bits per heavy atom. The SMILES string of the molecule is N#Cc1ccc(SCC(=O)O)c(F)c1. The Morgan fingerprint density at radius 2 is 2.36 bits per heavy atom. The summed E-state index contributed by atoms with van der Waals surface area (Å²) in [7, 11) is 0. The topological polar surface area (TPSA) is 61.1 Å². The van der Waals surface area contributed by atoms with Crippen molar-refractivity contribution in [3.63, 3.8) is 0 Å². The van der Waals surface area contributed by atoms with Crippen LogP contribution < -0.4 is 0 Å². The molecule has 0 heterocycles. The fraction of sp³-hybridized carbons (Fsp3) is 0.111. The molecule has 0 spiro atoms. The molecular weight excluding hydrogens is 205 g/mol. The van der Waals surface area contributed by atoms with Gasteiger partial charge in [0.1, 0.15) is 5.82 Å². The van der Waals surface area contributed by atoms with Crippen LogP contribution >= 0.6 is 11.8 Å². The first kappa shape index (κ1) is 10.5. The van der Waals surface area contributed by atoms with E-state index in [2.05, 4.69) is 0 Å². The molecule has 1 aromatic rings. The number of nitrogens with zero attached hydrogens (tertiary/aromatic N) is 1. The first-order chi connectivity index (χ1) is 6.63. The van der Waals surface area contributed by atoms with Crippen LogP contribution in [-0.2, 0) is 4.79 Å². The average Bonchev–Trinajstić information content (AvgIpc) is 2.15. The van der Waals surface area contributed by atoms with Crippen molar-refractivity contribution in [1.29, 1.82) is 5.26 Å². The standard InChI is InChI=1S/C9H6FNO2S/c10-7-3-6(4-11)1-2-8(7)14-5-9(12)13/h1-3H,5H2,(H,12,13). The van der Waals surface area contributed by atoms with Gasteiger partial charge in [0.25, 0.3) is 0 Å². The minimum atomic E-state index is -1.00. The van der Waals surface area contributed by atoms with Gasteiger partial charge in [0, 0.05) is 4.90 Å². The zero-order valence-corrected chi connectivity index (χ0v) is 7.84. The Labute approximate surface area is 84.2 Å². The Hall–Kier alpha value is -1.54. The Balaban J connectivity index is 2.80. The minimum absolute atomic E-state index is 0.192. The quantitative estimate of drug-likeness (QED) is 0.775. The van der Waals surface area contributed by atoms with Gasteiger partial charge in [0.15, 0.2) is 0 Å². The van der Waals surface area contributed by atoms with E-state index >= 15 is 0 Å². The lowest BCUT2D eigenvalue weighted by Gasteiger charge is -2.00. The van der Waals surface area contributed by atoms with E-state index in [0.29, 0.717) is 0 Å². The van der Waals surface area contributed by atoms with Crippen LogP contribution in [0.5, 0.6) is 0 Å². The monoisotopic (exact) mass is 211 g/mol. The highest BCUT2D eigenvalue weighted by Crippen LogP contribution is 2.22. The number of thioether (sulfide) groups is 1. The van der Waals surface area contributed by atoms with Crippen LogP contribution in [0, 0.1) is 17.1 Å². The zero-order valence-electron chi connectivity index (χ0n) is 7.03. The molecule has 14 heavy (non-hydrogen) atoms. The molecular formula is C9H6FNO2S. The maximum Gasteiger partial charge on any atom is 0.313 e. The molecule has 0 atom stereocenters. The van der Waals surface area contributed by atoms with Crippen LogP contribution in [0.4, 0.5) is 4.39 Å². The van der Waals surface area contributed by atoms with Gasteiger partial charge >= 0.3 is 5.97 Å². The summed E-state index contributed by atoms with van der Waals surface area (Å²) in [5, 5.41) is 16.8. The molecule has 0 fully saturated rings. The number of hydrogen-bond donors (Lipinski definition) is 1. The third kappa shape index (κ3) is 2.75. The molecule has 1 N–H and O–H groups in total. The van der Waals surface area contributed by atoms with E-state index in [4.69, 9.17) is 10.4 Å². The van der Waals surface area contributed by atoms with Crippen LogP contribution in [0.1, 0.15) is 5.56 Å². The van der Waals surface area contributed by atoms with Crippen LogP contribution in [0.15, 0.2) is 23.1 Å². The molecule has 3 nitrogen and oxygen atoms in total. The largest absolute Gasteiger partial charge is 0.481 e. The lowest BCUT2D eigenvalue weighted by Crippen LogP contribution is -1.98. The number of carboxylic acid groups (broad SMARTS) is 1. The molecule has 1 aromatic carbocycles. The third-order valence-electron chi connectivity index (χ3n) is 1.41. The van der Waals surface area contributed by atoms with Gasteiger partial charge in [-0.1, -0.05) is 0 Å². The van der Waals surface area contributed by atoms with Crippen molar-refractivity contribution in [3.8, 4) is 6.07 Å². The average molecular weight is 211 g/mol. The molecule has 0 aromatic heterocycles. The molecule has 0 saturated heterocycles. The van der Waals surface area contributed by atoms with Crippen LogP contribution in [0.2, 0.25) is 0 Å². The first-order valence-electron chi connectivity index (χ1n) is 3.67. The highest BCUT2D eigenvalue weighted by atomic mass is 32.2. The van der Waals surface area contributed by atoms with Crippen molar-refractivity contribution in [2.24, 2.45) is 0 Å². The summed E-state index contributed by atoms with van der Waals surface area (Å²) < 4.78 is 13.1. The lowest BCUT2D eigenvalue weighted by atomic mass is 10.2. The van der Waals surface area contributed by atoms with E-state index in [-0.39, 0.29) is 16.2 Å². The second-order valence-electron chi connectivity index (χ2n) is 2.44. The number of carbonyl (C=O) groups is 1. The molecule has 0 aliphatic heterocycles. The van der Waals surface area contributed by atoms with E-state index in [1.54, 1.807) is 6.07 Å². The predicted molar refractivity (Wildman–Crippen MR) is 49.5 cm³/mol. The number of nitriles is 1. The fourth-order valence-electron chi connectivity index (χ4n) is 0.827. The third-order valence-corrected chi connectivity index (χ3v) is 2.45. The number of carboxylic acids is 1. The summed E-state index contributed by atoms with van der Waals surface area (Å²) in [6.45, 7) is 0. The van der Waals surface area contributed by atoms with Crippen molar-refractivity contribution in [2.75, 3.05) is 5.75 Å². The number of benzene rings is 1. The van der Waals surface area contributed by atoms with Crippen LogP contribution in [0.3, 0.4) is 0 Å². The normalized spacial score (nSPS) is 9.43. The molecule has 1 rings (SSSR count). The van der Waals surface area contributed by atoms with E-state index in [1.165, 1.54) is 12.1 Å². The molecule has 0 saturated carbocycles. The molecule has 5 heteroatoms. The number of rotatable bonds is 3. The molecule has 0 aliphatic carbocycles. The zero-order chi connectivity index (χ0) is 10.6. The summed E-state index contributed by atoms with van der Waals surface area (Å²) >= 11 is 0.890. The summed E-state index contributed by atoms with van der Waals surface area (Å²) in [5.41, 5.74) is 0.224. The fourth-order valence-corrected chi connectivity index (χ4v) is 1.47. The lowest BCUT2D eigenvalue weighted by molar-refractivity contribution is -0.133. The smallest absolute Gasteiger partial charge is 0.313 e. The minimum Gasteiger partial charge on any atom is -0.481 e. The summed E-state index contributed by atoms with van der Waals surface area (Å²) in [4.78, 5) is 10.5. The van der Waals surface area contributed by atoms with E-state index in [0.717, 1.165) is 17.8 Å². The second kappa shape index (κ2) is 4.63. The summed E-state index contributed by atoms with van der Waals surface area (Å²) in [6.07, 6.45) is 0. The Kier molecular flexibility index (Phi) is 3.48.